The van der Waals surface area contributed by atoms with E-state index >= 15 is 0 Å². The zero-order valence-electron chi connectivity index (χ0n) is 10.7. The second-order valence-corrected chi connectivity index (χ2v) is 6.93. The van der Waals surface area contributed by atoms with Crippen molar-refractivity contribution in [3.05, 3.63) is 0 Å². The molecule has 1 heterocycles. The minimum Gasteiger partial charge on any atom is -0.315 e. The Hall–Kier alpha value is 0.270. The van der Waals surface area contributed by atoms with Crippen molar-refractivity contribution in [2.24, 2.45) is 0 Å². The Labute approximate surface area is 99.2 Å². The maximum Gasteiger partial charge on any atom is 0.0231 e. The van der Waals surface area contributed by atoms with Crippen LogP contribution in [0.1, 0.15) is 34.1 Å². The molecular weight excluding hydrogens is 204 g/mol. The summed E-state index contributed by atoms with van der Waals surface area (Å²) in [6.07, 6.45) is 1.23. The normalized spacial score (nSPS) is 24.0. The van der Waals surface area contributed by atoms with Crippen LogP contribution in [0.4, 0.5) is 0 Å². The maximum atomic E-state index is 3.51. The van der Waals surface area contributed by atoms with Gasteiger partial charge in [-0.1, -0.05) is 6.92 Å². The molecule has 0 saturated carbocycles. The fourth-order valence-electron chi connectivity index (χ4n) is 2.05. The van der Waals surface area contributed by atoms with Crippen LogP contribution in [0.3, 0.4) is 0 Å². The Kier molecular flexibility index (Phi) is 5.44. The SMILES string of the molecule is CCCNCC(C)N1CCSC(C)(C)C1. The standard InChI is InChI=1S/C12H26N2S/c1-5-6-13-9-11(2)14-7-8-15-12(3,4)10-14/h11,13H,5-10H2,1-4H3. The highest BCUT2D eigenvalue weighted by molar-refractivity contribution is 8.00. The molecular formula is C12H26N2S. The molecule has 0 aromatic heterocycles. The van der Waals surface area contributed by atoms with Crippen LogP contribution < -0.4 is 5.32 Å². The molecule has 0 aliphatic carbocycles. The van der Waals surface area contributed by atoms with Gasteiger partial charge in [-0.2, -0.15) is 11.8 Å². The topological polar surface area (TPSA) is 15.3 Å². The van der Waals surface area contributed by atoms with Gasteiger partial charge in [-0.3, -0.25) is 4.90 Å². The van der Waals surface area contributed by atoms with E-state index in [2.05, 4.69) is 49.7 Å². The van der Waals surface area contributed by atoms with E-state index in [1.807, 2.05) is 0 Å². The molecule has 1 atom stereocenters. The number of rotatable bonds is 5. The molecule has 0 amide bonds. The molecule has 15 heavy (non-hydrogen) atoms. The van der Waals surface area contributed by atoms with Gasteiger partial charge in [-0.25, -0.2) is 0 Å². The molecule has 0 spiro atoms. The van der Waals surface area contributed by atoms with Crippen LogP contribution in [0.15, 0.2) is 0 Å². The van der Waals surface area contributed by atoms with Crippen molar-refractivity contribution in [3.63, 3.8) is 0 Å². The second kappa shape index (κ2) is 6.12. The molecule has 0 bridgehead atoms. The van der Waals surface area contributed by atoms with E-state index in [1.165, 1.54) is 25.3 Å². The summed E-state index contributed by atoms with van der Waals surface area (Å²) in [7, 11) is 0. The number of nitrogens with zero attached hydrogens (tertiary/aromatic N) is 1. The highest BCUT2D eigenvalue weighted by atomic mass is 32.2. The Morgan fingerprint density at radius 2 is 2.20 bits per heavy atom. The van der Waals surface area contributed by atoms with Crippen LogP contribution in [0.2, 0.25) is 0 Å². The molecule has 0 aromatic rings. The molecule has 1 saturated heterocycles. The van der Waals surface area contributed by atoms with E-state index < -0.39 is 0 Å². The summed E-state index contributed by atoms with van der Waals surface area (Å²) < 4.78 is 0.442. The van der Waals surface area contributed by atoms with Gasteiger partial charge < -0.3 is 5.32 Å². The second-order valence-electron chi connectivity index (χ2n) is 5.13. The van der Waals surface area contributed by atoms with Gasteiger partial charge in [-0.15, -0.1) is 0 Å². The molecule has 3 heteroatoms. The fourth-order valence-corrected chi connectivity index (χ4v) is 3.18. The molecule has 1 aliphatic rings. The first-order chi connectivity index (χ1) is 7.05. The quantitative estimate of drug-likeness (QED) is 0.729. The van der Waals surface area contributed by atoms with E-state index in [-0.39, 0.29) is 0 Å². The molecule has 0 radical (unpaired) electrons. The van der Waals surface area contributed by atoms with Crippen LogP contribution in [-0.4, -0.2) is 47.6 Å². The van der Waals surface area contributed by atoms with Gasteiger partial charge in [0, 0.05) is 36.2 Å². The first kappa shape index (κ1) is 13.3. The van der Waals surface area contributed by atoms with Crippen molar-refractivity contribution < 1.29 is 0 Å². The average molecular weight is 230 g/mol. The minimum atomic E-state index is 0.442. The predicted octanol–water partition coefficient (Wildman–Crippen LogP) is 2.20. The number of hydrogen-bond donors (Lipinski definition) is 1. The van der Waals surface area contributed by atoms with Crippen molar-refractivity contribution >= 4 is 11.8 Å². The average Bonchev–Trinajstić information content (AvgIpc) is 2.16. The highest BCUT2D eigenvalue weighted by Gasteiger charge is 2.29. The van der Waals surface area contributed by atoms with Crippen molar-refractivity contribution in [2.45, 2.75) is 44.9 Å². The van der Waals surface area contributed by atoms with E-state index in [0.717, 1.165) is 13.1 Å². The predicted molar refractivity (Wildman–Crippen MR) is 70.7 cm³/mol. The zero-order chi connectivity index (χ0) is 11.3. The maximum absolute atomic E-state index is 3.51. The Morgan fingerprint density at radius 1 is 1.47 bits per heavy atom. The number of thioether (sulfide) groups is 1. The van der Waals surface area contributed by atoms with Gasteiger partial charge in [-0.05, 0) is 33.7 Å². The summed E-state index contributed by atoms with van der Waals surface area (Å²) in [5.41, 5.74) is 0. The molecule has 1 aliphatic heterocycles. The van der Waals surface area contributed by atoms with Crippen molar-refractivity contribution in [3.8, 4) is 0 Å². The first-order valence-corrected chi connectivity index (χ1v) is 7.12. The third kappa shape index (κ3) is 4.75. The molecule has 1 rings (SSSR count). The molecule has 1 fully saturated rings. The Balaban J connectivity index is 2.29. The van der Waals surface area contributed by atoms with E-state index in [0.29, 0.717) is 10.8 Å². The molecule has 1 unspecified atom stereocenters. The van der Waals surface area contributed by atoms with Crippen LogP contribution >= 0.6 is 11.8 Å². The number of nitrogens with one attached hydrogen (secondary N) is 1. The first-order valence-electron chi connectivity index (χ1n) is 6.14. The zero-order valence-corrected chi connectivity index (χ0v) is 11.5. The Bertz CT molecular complexity index is 182. The third-order valence-corrected chi connectivity index (χ3v) is 4.24. The van der Waals surface area contributed by atoms with Crippen LogP contribution in [0.5, 0.6) is 0 Å². The largest absolute Gasteiger partial charge is 0.315 e. The van der Waals surface area contributed by atoms with Gasteiger partial charge >= 0.3 is 0 Å². The minimum absolute atomic E-state index is 0.442. The Morgan fingerprint density at radius 3 is 2.80 bits per heavy atom. The van der Waals surface area contributed by atoms with Crippen molar-refractivity contribution in [1.82, 2.24) is 10.2 Å². The molecule has 0 aromatic carbocycles. The van der Waals surface area contributed by atoms with E-state index in [1.54, 1.807) is 0 Å². The van der Waals surface area contributed by atoms with Crippen LogP contribution in [0.25, 0.3) is 0 Å². The summed E-state index contributed by atoms with van der Waals surface area (Å²) in [5, 5.41) is 3.51. The van der Waals surface area contributed by atoms with Gasteiger partial charge in [0.2, 0.25) is 0 Å². The smallest absolute Gasteiger partial charge is 0.0231 e. The summed E-state index contributed by atoms with van der Waals surface area (Å²) in [5.74, 6) is 1.28. The van der Waals surface area contributed by atoms with Crippen LogP contribution in [-0.2, 0) is 0 Å². The number of hydrogen-bond acceptors (Lipinski definition) is 3. The summed E-state index contributed by atoms with van der Waals surface area (Å²) in [6.45, 7) is 14.0. The molecule has 2 nitrogen and oxygen atoms in total. The molecule has 1 N–H and O–H groups in total. The third-order valence-electron chi connectivity index (χ3n) is 2.95. The fraction of sp³-hybridized carbons (Fsp3) is 1.00. The lowest BCUT2D eigenvalue weighted by atomic mass is 10.1. The van der Waals surface area contributed by atoms with Gasteiger partial charge in [0.1, 0.15) is 0 Å². The highest BCUT2D eigenvalue weighted by Crippen LogP contribution is 2.30. The van der Waals surface area contributed by atoms with Gasteiger partial charge in [0.05, 0.1) is 0 Å². The van der Waals surface area contributed by atoms with Crippen molar-refractivity contribution in [1.29, 1.82) is 0 Å². The molecule has 90 valence electrons. The van der Waals surface area contributed by atoms with Gasteiger partial charge in [0.25, 0.3) is 0 Å². The van der Waals surface area contributed by atoms with Crippen molar-refractivity contribution in [2.75, 3.05) is 31.9 Å². The lowest BCUT2D eigenvalue weighted by Crippen LogP contribution is -2.50. The summed E-state index contributed by atoms with van der Waals surface area (Å²) >= 11 is 2.11. The summed E-state index contributed by atoms with van der Waals surface area (Å²) in [4.78, 5) is 2.62. The lowest BCUT2D eigenvalue weighted by Gasteiger charge is -2.40. The monoisotopic (exact) mass is 230 g/mol. The lowest BCUT2D eigenvalue weighted by molar-refractivity contribution is 0.195. The van der Waals surface area contributed by atoms with E-state index in [4.69, 9.17) is 0 Å². The van der Waals surface area contributed by atoms with E-state index in [9.17, 15) is 0 Å². The summed E-state index contributed by atoms with van der Waals surface area (Å²) in [6, 6.07) is 0.678. The van der Waals surface area contributed by atoms with Crippen LogP contribution in [0, 0.1) is 0 Å². The van der Waals surface area contributed by atoms with Gasteiger partial charge in [0.15, 0.2) is 0 Å².